The lowest BCUT2D eigenvalue weighted by atomic mass is 9.96. The number of ether oxygens (including phenoxy) is 1. The fourth-order valence-electron chi connectivity index (χ4n) is 3.20. The van der Waals surface area contributed by atoms with E-state index < -0.39 is 29.7 Å². The van der Waals surface area contributed by atoms with Crippen LogP contribution >= 0.6 is 0 Å². The summed E-state index contributed by atoms with van der Waals surface area (Å²) >= 11 is 0. The highest BCUT2D eigenvalue weighted by Crippen LogP contribution is 2.25. The van der Waals surface area contributed by atoms with Crippen molar-refractivity contribution in [2.24, 2.45) is 5.92 Å². The Bertz CT molecular complexity index is 775. The molecule has 32 heavy (non-hydrogen) atoms. The predicted octanol–water partition coefficient (Wildman–Crippen LogP) is 3.75. The van der Waals surface area contributed by atoms with Crippen LogP contribution in [-0.2, 0) is 14.3 Å². The summed E-state index contributed by atoms with van der Waals surface area (Å²) in [5.74, 6) is -0.949. The van der Waals surface area contributed by atoms with E-state index in [0.29, 0.717) is 18.5 Å². The summed E-state index contributed by atoms with van der Waals surface area (Å²) in [6.45, 7) is 11.5. The van der Waals surface area contributed by atoms with Gasteiger partial charge >= 0.3 is 6.09 Å². The molecule has 3 N–H and O–H groups in total. The first kappa shape index (κ1) is 27.3. The van der Waals surface area contributed by atoms with Crippen molar-refractivity contribution >= 4 is 17.9 Å². The molecule has 0 saturated heterocycles. The third kappa shape index (κ3) is 8.40. The maximum absolute atomic E-state index is 13.5. The summed E-state index contributed by atoms with van der Waals surface area (Å²) in [7, 11) is 1.53. The number of likely N-dealkylation sites (N-methyl/N-ethyl adjacent to an activating group) is 1. The maximum atomic E-state index is 13.5. The van der Waals surface area contributed by atoms with E-state index in [-0.39, 0.29) is 17.6 Å². The van der Waals surface area contributed by atoms with Crippen LogP contribution in [-0.4, -0.2) is 53.1 Å². The van der Waals surface area contributed by atoms with Crippen molar-refractivity contribution in [2.75, 3.05) is 13.6 Å². The van der Waals surface area contributed by atoms with Crippen molar-refractivity contribution in [2.45, 2.75) is 78.5 Å². The number of hydrogen-bond donors (Lipinski definition) is 3. The predicted molar refractivity (Wildman–Crippen MR) is 124 cm³/mol. The van der Waals surface area contributed by atoms with Gasteiger partial charge in [0.05, 0.1) is 0 Å². The zero-order valence-corrected chi connectivity index (χ0v) is 20.4. The molecule has 1 aromatic carbocycles. The third-order valence-corrected chi connectivity index (χ3v) is 5.15. The van der Waals surface area contributed by atoms with E-state index >= 15 is 0 Å². The van der Waals surface area contributed by atoms with Crippen LogP contribution in [0.1, 0.15) is 72.4 Å². The molecule has 3 unspecified atom stereocenters. The zero-order valence-electron chi connectivity index (χ0n) is 20.4. The second-order valence-electron chi connectivity index (χ2n) is 9.10. The molecule has 1 rings (SSSR count). The molecule has 0 heterocycles. The Morgan fingerprint density at radius 1 is 1.19 bits per heavy atom. The van der Waals surface area contributed by atoms with E-state index in [1.165, 1.54) is 24.1 Å². The minimum atomic E-state index is -0.960. The topological polar surface area (TPSA) is 108 Å². The summed E-state index contributed by atoms with van der Waals surface area (Å²) < 4.78 is 5.33. The Hall–Kier alpha value is -2.77. The van der Waals surface area contributed by atoms with Gasteiger partial charge in [0.2, 0.25) is 11.8 Å². The van der Waals surface area contributed by atoms with Gasteiger partial charge in [-0.05, 0) is 50.8 Å². The summed E-state index contributed by atoms with van der Waals surface area (Å²) in [4.78, 5) is 40.3. The molecule has 180 valence electrons. The van der Waals surface area contributed by atoms with Gasteiger partial charge in [0.1, 0.15) is 23.4 Å². The number of nitrogens with one attached hydrogen (secondary N) is 2. The van der Waals surface area contributed by atoms with Crippen molar-refractivity contribution < 1.29 is 24.2 Å². The van der Waals surface area contributed by atoms with E-state index in [1.54, 1.807) is 32.9 Å². The summed E-state index contributed by atoms with van der Waals surface area (Å²) in [5, 5.41) is 15.5. The van der Waals surface area contributed by atoms with E-state index in [9.17, 15) is 19.5 Å². The van der Waals surface area contributed by atoms with Crippen LogP contribution in [0, 0.1) is 5.92 Å². The van der Waals surface area contributed by atoms with E-state index in [0.717, 1.165) is 12.8 Å². The molecule has 3 atom stereocenters. The van der Waals surface area contributed by atoms with Gasteiger partial charge in [-0.15, -0.1) is 0 Å². The van der Waals surface area contributed by atoms with Gasteiger partial charge in [0, 0.05) is 13.6 Å². The minimum Gasteiger partial charge on any atom is -0.508 e. The molecule has 0 bridgehead atoms. The largest absolute Gasteiger partial charge is 0.508 e. The van der Waals surface area contributed by atoms with Crippen LogP contribution in [0.3, 0.4) is 0 Å². The smallest absolute Gasteiger partial charge is 0.408 e. The third-order valence-electron chi connectivity index (χ3n) is 5.15. The number of carbonyl (C=O) groups excluding carboxylic acids is 3. The molecule has 0 aromatic heterocycles. The summed E-state index contributed by atoms with van der Waals surface area (Å²) in [6, 6.07) is 4.45. The van der Waals surface area contributed by atoms with Crippen molar-refractivity contribution in [3.05, 3.63) is 29.8 Å². The number of rotatable bonds is 10. The highest BCUT2D eigenvalue weighted by Gasteiger charge is 2.36. The SMILES string of the molecule is CCCCNC(=O)C(c1cccc(O)c1)N(C)C(=O)C(NC(=O)OC(C)(C)C)C(C)CC. The molecule has 8 heteroatoms. The molecule has 3 amide bonds. The number of hydrogen-bond acceptors (Lipinski definition) is 5. The lowest BCUT2D eigenvalue weighted by Gasteiger charge is -2.33. The number of carbonyl (C=O) groups is 3. The van der Waals surface area contributed by atoms with E-state index in [2.05, 4.69) is 10.6 Å². The van der Waals surface area contributed by atoms with Gasteiger partial charge in [0.15, 0.2) is 0 Å². The lowest BCUT2D eigenvalue weighted by molar-refractivity contribution is -0.141. The average molecular weight is 450 g/mol. The number of unbranched alkanes of at least 4 members (excludes halogenated alkanes) is 1. The van der Waals surface area contributed by atoms with Gasteiger partial charge in [0.25, 0.3) is 0 Å². The normalized spacial score (nSPS) is 14.1. The first-order chi connectivity index (χ1) is 14.9. The number of phenolic OH excluding ortho intramolecular Hbond substituents is 1. The second kappa shape index (κ2) is 12.3. The quantitative estimate of drug-likeness (QED) is 0.472. The van der Waals surface area contributed by atoms with Crippen molar-refractivity contribution in [1.82, 2.24) is 15.5 Å². The number of nitrogens with zero attached hydrogens (tertiary/aromatic N) is 1. The Kier molecular flexibility index (Phi) is 10.5. The van der Waals surface area contributed by atoms with Crippen LogP contribution < -0.4 is 10.6 Å². The Balaban J connectivity index is 3.22. The summed E-state index contributed by atoms with van der Waals surface area (Å²) in [5.41, 5.74) is -0.225. The van der Waals surface area contributed by atoms with Crippen molar-refractivity contribution in [3.8, 4) is 5.75 Å². The highest BCUT2D eigenvalue weighted by atomic mass is 16.6. The van der Waals surface area contributed by atoms with Gasteiger partial charge in [-0.25, -0.2) is 4.79 Å². The number of alkyl carbamates (subject to hydrolysis) is 1. The first-order valence-corrected chi connectivity index (χ1v) is 11.2. The molecule has 0 fully saturated rings. The molecule has 0 saturated carbocycles. The molecular formula is C24H39N3O5. The van der Waals surface area contributed by atoms with E-state index in [1.807, 2.05) is 20.8 Å². The molecular weight excluding hydrogens is 410 g/mol. The molecule has 0 aliphatic heterocycles. The fraction of sp³-hybridized carbons (Fsp3) is 0.625. The minimum absolute atomic E-state index is 0.0000587. The van der Waals surface area contributed by atoms with Crippen LogP contribution in [0.5, 0.6) is 5.75 Å². The number of phenols is 1. The first-order valence-electron chi connectivity index (χ1n) is 11.2. The maximum Gasteiger partial charge on any atom is 0.408 e. The van der Waals surface area contributed by atoms with Crippen molar-refractivity contribution in [1.29, 1.82) is 0 Å². The standard InChI is InChI=1S/C24H39N3O5/c1-8-10-14-25-21(29)20(17-12-11-13-18(28)15-17)27(7)22(30)19(16(3)9-2)26-23(31)32-24(4,5)6/h11-13,15-16,19-20,28H,8-10,14H2,1-7H3,(H,25,29)(H,26,31). The Morgan fingerprint density at radius 2 is 1.84 bits per heavy atom. The van der Waals surface area contributed by atoms with Crippen LogP contribution in [0.25, 0.3) is 0 Å². The highest BCUT2D eigenvalue weighted by molar-refractivity contribution is 5.92. The molecule has 8 nitrogen and oxygen atoms in total. The van der Waals surface area contributed by atoms with Crippen LogP contribution in [0.15, 0.2) is 24.3 Å². The Morgan fingerprint density at radius 3 is 2.38 bits per heavy atom. The second-order valence-corrected chi connectivity index (χ2v) is 9.10. The zero-order chi connectivity index (χ0) is 24.5. The van der Waals surface area contributed by atoms with Gasteiger partial charge in [-0.1, -0.05) is 45.7 Å². The molecule has 0 aliphatic carbocycles. The monoisotopic (exact) mass is 449 g/mol. The lowest BCUT2D eigenvalue weighted by Crippen LogP contribution is -2.54. The number of benzene rings is 1. The average Bonchev–Trinajstić information content (AvgIpc) is 2.70. The van der Waals surface area contributed by atoms with Crippen LogP contribution in [0.4, 0.5) is 4.79 Å². The number of amides is 3. The van der Waals surface area contributed by atoms with E-state index in [4.69, 9.17) is 4.74 Å². The van der Waals surface area contributed by atoms with Crippen LogP contribution in [0.2, 0.25) is 0 Å². The molecule has 0 radical (unpaired) electrons. The molecule has 0 aliphatic rings. The van der Waals surface area contributed by atoms with Crippen molar-refractivity contribution in [3.63, 3.8) is 0 Å². The fourth-order valence-corrected chi connectivity index (χ4v) is 3.20. The summed E-state index contributed by atoms with van der Waals surface area (Å²) in [6.07, 6.45) is 1.68. The molecule has 1 aromatic rings. The van der Waals surface area contributed by atoms with Gasteiger partial charge in [-0.2, -0.15) is 0 Å². The molecule has 0 spiro atoms. The number of aromatic hydroxyl groups is 1. The van der Waals surface area contributed by atoms with Gasteiger partial charge < -0.3 is 25.4 Å². The Labute approximate surface area is 191 Å². The van der Waals surface area contributed by atoms with Gasteiger partial charge in [-0.3, -0.25) is 9.59 Å².